The van der Waals surface area contributed by atoms with Crippen LogP contribution in [-0.2, 0) is 16.1 Å². The molecule has 2 amide bonds. The standard InChI is InChI=1S/C20H25N3O3S/c1-21-20(25)15-5-2-6-16(11-15)22-19(24)14-23(12-17-7-3-9-26-17)13-18-8-4-10-27-18/h2,4-6,8,10-11,17H,3,7,9,12-14H2,1H3,(H,21,25)(H,22,24)/t17-/m0/s1. The predicted octanol–water partition coefficient (Wildman–Crippen LogP) is 2.73. The molecule has 2 N–H and O–H groups in total. The summed E-state index contributed by atoms with van der Waals surface area (Å²) in [5.74, 6) is -0.276. The molecule has 0 bridgehead atoms. The van der Waals surface area contributed by atoms with Gasteiger partial charge in [0.15, 0.2) is 0 Å². The van der Waals surface area contributed by atoms with Gasteiger partial charge in [-0.05, 0) is 42.5 Å². The number of carbonyl (C=O) groups excluding carboxylic acids is 2. The van der Waals surface area contributed by atoms with E-state index in [9.17, 15) is 9.59 Å². The summed E-state index contributed by atoms with van der Waals surface area (Å²) in [6, 6.07) is 11.0. The van der Waals surface area contributed by atoms with E-state index in [1.54, 1.807) is 42.6 Å². The number of benzene rings is 1. The molecule has 27 heavy (non-hydrogen) atoms. The Balaban J connectivity index is 1.61. The lowest BCUT2D eigenvalue weighted by Gasteiger charge is -2.24. The van der Waals surface area contributed by atoms with Crippen molar-refractivity contribution in [1.29, 1.82) is 0 Å². The monoisotopic (exact) mass is 387 g/mol. The zero-order chi connectivity index (χ0) is 19.1. The van der Waals surface area contributed by atoms with Crippen LogP contribution in [0.5, 0.6) is 0 Å². The summed E-state index contributed by atoms with van der Waals surface area (Å²) in [6.07, 6.45) is 2.31. The predicted molar refractivity (Wildman–Crippen MR) is 107 cm³/mol. The summed E-state index contributed by atoms with van der Waals surface area (Å²) < 4.78 is 5.74. The Morgan fingerprint density at radius 2 is 2.19 bits per heavy atom. The minimum atomic E-state index is -0.177. The molecule has 1 aromatic heterocycles. The van der Waals surface area contributed by atoms with Gasteiger partial charge >= 0.3 is 0 Å². The minimum Gasteiger partial charge on any atom is -0.377 e. The average Bonchev–Trinajstić information content (AvgIpc) is 3.35. The van der Waals surface area contributed by atoms with E-state index >= 15 is 0 Å². The van der Waals surface area contributed by atoms with Crippen molar-refractivity contribution in [2.75, 3.05) is 32.1 Å². The number of nitrogens with zero attached hydrogens (tertiary/aromatic N) is 1. The third-order valence-corrected chi connectivity index (χ3v) is 5.31. The van der Waals surface area contributed by atoms with E-state index in [0.717, 1.165) is 32.5 Å². The fourth-order valence-electron chi connectivity index (χ4n) is 3.17. The molecule has 3 rings (SSSR count). The van der Waals surface area contributed by atoms with Gasteiger partial charge in [0.1, 0.15) is 0 Å². The Hall–Kier alpha value is -2.22. The molecule has 0 aliphatic carbocycles. The van der Waals surface area contributed by atoms with E-state index in [0.29, 0.717) is 11.3 Å². The minimum absolute atomic E-state index is 0.0985. The van der Waals surface area contributed by atoms with Gasteiger partial charge in [0, 0.05) is 42.9 Å². The lowest BCUT2D eigenvalue weighted by molar-refractivity contribution is -0.117. The molecule has 2 aromatic rings. The van der Waals surface area contributed by atoms with Gasteiger partial charge in [-0.2, -0.15) is 0 Å². The number of nitrogens with one attached hydrogen (secondary N) is 2. The van der Waals surface area contributed by atoms with Crippen molar-refractivity contribution in [3.63, 3.8) is 0 Å². The molecule has 2 heterocycles. The van der Waals surface area contributed by atoms with Crippen molar-refractivity contribution in [2.24, 2.45) is 0 Å². The van der Waals surface area contributed by atoms with Gasteiger partial charge in [-0.25, -0.2) is 0 Å². The molecule has 1 aliphatic rings. The van der Waals surface area contributed by atoms with Crippen molar-refractivity contribution in [3.05, 3.63) is 52.2 Å². The Morgan fingerprint density at radius 1 is 1.30 bits per heavy atom. The van der Waals surface area contributed by atoms with Gasteiger partial charge in [-0.15, -0.1) is 11.3 Å². The number of carbonyl (C=O) groups is 2. The average molecular weight is 388 g/mol. The second kappa shape index (κ2) is 9.64. The Morgan fingerprint density at radius 3 is 2.89 bits per heavy atom. The van der Waals surface area contributed by atoms with Crippen LogP contribution in [0, 0.1) is 0 Å². The highest BCUT2D eigenvalue weighted by Crippen LogP contribution is 2.17. The maximum absolute atomic E-state index is 12.6. The van der Waals surface area contributed by atoms with Crippen LogP contribution in [0.15, 0.2) is 41.8 Å². The van der Waals surface area contributed by atoms with Gasteiger partial charge in [0.25, 0.3) is 5.91 Å². The summed E-state index contributed by atoms with van der Waals surface area (Å²) >= 11 is 1.69. The van der Waals surface area contributed by atoms with E-state index < -0.39 is 0 Å². The van der Waals surface area contributed by atoms with Crippen molar-refractivity contribution in [3.8, 4) is 0 Å². The van der Waals surface area contributed by atoms with Gasteiger partial charge in [-0.1, -0.05) is 12.1 Å². The lowest BCUT2D eigenvalue weighted by Crippen LogP contribution is -2.37. The molecule has 7 heteroatoms. The first-order valence-corrected chi connectivity index (χ1v) is 10.0. The highest BCUT2D eigenvalue weighted by Gasteiger charge is 2.21. The highest BCUT2D eigenvalue weighted by atomic mass is 32.1. The first kappa shape index (κ1) is 19.5. The van der Waals surface area contributed by atoms with Crippen LogP contribution in [-0.4, -0.2) is 49.6 Å². The van der Waals surface area contributed by atoms with Gasteiger partial charge in [0.05, 0.1) is 12.6 Å². The van der Waals surface area contributed by atoms with E-state index in [1.807, 2.05) is 11.4 Å². The Kier molecular flexibility index (Phi) is 6.98. The number of rotatable bonds is 8. The molecule has 0 radical (unpaired) electrons. The third kappa shape index (κ3) is 5.89. The van der Waals surface area contributed by atoms with E-state index in [-0.39, 0.29) is 24.5 Å². The number of thiophene rings is 1. The van der Waals surface area contributed by atoms with E-state index in [4.69, 9.17) is 4.74 Å². The second-order valence-corrected chi connectivity index (χ2v) is 7.62. The molecular formula is C20H25N3O3S. The van der Waals surface area contributed by atoms with Crippen LogP contribution >= 0.6 is 11.3 Å². The van der Waals surface area contributed by atoms with Crippen molar-refractivity contribution < 1.29 is 14.3 Å². The number of hydrogen-bond acceptors (Lipinski definition) is 5. The molecule has 0 spiro atoms. The largest absolute Gasteiger partial charge is 0.377 e. The fourth-order valence-corrected chi connectivity index (χ4v) is 3.92. The maximum atomic E-state index is 12.6. The first-order valence-electron chi connectivity index (χ1n) is 9.12. The molecule has 0 saturated carbocycles. The van der Waals surface area contributed by atoms with Crippen LogP contribution < -0.4 is 10.6 Å². The summed E-state index contributed by atoms with van der Waals surface area (Å²) in [5, 5.41) is 7.53. The van der Waals surface area contributed by atoms with E-state index in [2.05, 4.69) is 21.6 Å². The van der Waals surface area contributed by atoms with Gasteiger partial charge in [0.2, 0.25) is 5.91 Å². The molecule has 6 nitrogen and oxygen atoms in total. The number of ether oxygens (including phenoxy) is 1. The number of amides is 2. The Labute approximate surface area is 163 Å². The molecule has 1 aliphatic heterocycles. The molecule has 0 unspecified atom stereocenters. The first-order chi connectivity index (χ1) is 13.1. The van der Waals surface area contributed by atoms with Crippen molar-refractivity contribution in [2.45, 2.75) is 25.5 Å². The van der Waals surface area contributed by atoms with Crippen LogP contribution in [0.2, 0.25) is 0 Å². The maximum Gasteiger partial charge on any atom is 0.251 e. The normalized spacial score (nSPS) is 16.4. The molecular weight excluding hydrogens is 362 g/mol. The molecule has 1 aromatic carbocycles. The molecule has 144 valence electrons. The summed E-state index contributed by atoms with van der Waals surface area (Å²) in [7, 11) is 1.58. The van der Waals surface area contributed by atoms with Crippen LogP contribution in [0.4, 0.5) is 5.69 Å². The smallest absolute Gasteiger partial charge is 0.251 e. The number of anilines is 1. The van der Waals surface area contributed by atoms with Crippen molar-refractivity contribution in [1.82, 2.24) is 10.2 Å². The quantitative estimate of drug-likeness (QED) is 0.731. The molecule has 1 fully saturated rings. The van der Waals surface area contributed by atoms with Gasteiger partial charge < -0.3 is 15.4 Å². The molecule has 1 atom stereocenters. The lowest BCUT2D eigenvalue weighted by atomic mass is 10.2. The topological polar surface area (TPSA) is 70.7 Å². The van der Waals surface area contributed by atoms with Crippen molar-refractivity contribution >= 4 is 28.8 Å². The van der Waals surface area contributed by atoms with Crippen LogP contribution in [0.3, 0.4) is 0 Å². The van der Waals surface area contributed by atoms with Gasteiger partial charge in [-0.3, -0.25) is 14.5 Å². The number of hydrogen-bond donors (Lipinski definition) is 2. The zero-order valence-electron chi connectivity index (χ0n) is 15.4. The highest BCUT2D eigenvalue weighted by molar-refractivity contribution is 7.09. The summed E-state index contributed by atoms with van der Waals surface area (Å²) in [6.45, 7) is 2.55. The summed E-state index contributed by atoms with van der Waals surface area (Å²) in [4.78, 5) is 27.7. The third-order valence-electron chi connectivity index (χ3n) is 4.45. The van der Waals surface area contributed by atoms with Crippen LogP contribution in [0.25, 0.3) is 0 Å². The van der Waals surface area contributed by atoms with E-state index in [1.165, 1.54) is 4.88 Å². The second-order valence-electron chi connectivity index (χ2n) is 6.59. The Bertz CT molecular complexity index is 758. The fraction of sp³-hybridized carbons (Fsp3) is 0.400. The SMILES string of the molecule is CNC(=O)c1cccc(NC(=O)CN(Cc2cccs2)C[C@@H]2CCCO2)c1. The van der Waals surface area contributed by atoms with Crippen LogP contribution in [0.1, 0.15) is 28.1 Å². The summed E-state index contributed by atoms with van der Waals surface area (Å²) in [5.41, 5.74) is 1.14. The molecule has 1 saturated heterocycles. The zero-order valence-corrected chi connectivity index (χ0v) is 16.3.